The number of benzene rings is 1. The van der Waals surface area contributed by atoms with Crippen LogP contribution in [0.3, 0.4) is 0 Å². The third kappa shape index (κ3) is 3.13. The highest BCUT2D eigenvalue weighted by atomic mass is 35.5. The molecular weight excluding hydrogens is 280 g/mol. The number of rotatable bonds is 3. The molecule has 0 saturated heterocycles. The van der Waals surface area contributed by atoms with Crippen molar-refractivity contribution in [2.75, 3.05) is 7.11 Å². The number of hydrogen-bond acceptors (Lipinski definition) is 3. The molecule has 1 aromatic carbocycles. The number of esters is 1. The predicted molar refractivity (Wildman–Crippen MR) is 71.4 cm³/mol. The van der Waals surface area contributed by atoms with E-state index >= 15 is 0 Å². The van der Waals surface area contributed by atoms with Gasteiger partial charge in [-0.3, -0.25) is 4.79 Å². The van der Waals surface area contributed by atoms with Gasteiger partial charge in [-0.25, -0.2) is 4.39 Å². The Hall–Kier alpha value is -0.840. The SMILES string of the molecule is COC(=O)C(C)(C)[C@H](N)c1cccc(Cl)c1F.Cl. The van der Waals surface area contributed by atoms with Crippen LogP contribution in [-0.2, 0) is 9.53 Å². The van der Waals surface area contributed by atoms with Gasteiger partial charge in [-0.1, -0.05) is 23.7 Å². The summed E-state index contributed by atoms with van der Waals surface area (Å²) in [5.74, 6) is -1.09. The lowest BCUT2D eigenvalue weighted by atomic mass is 9.81. The minimum Gasteiger partial charge on any atom is -0.469 e. The van der Waals surface area contributed by atoms with Crippen molar-refractivity contribution in [3.63, 3.8) is 0 Å². The van der Waals surface area contributed by atoms with Crippen LogP contribution in [0.5, 0.6) is 0 Å². The Labute approximate surface area is 117 Å². The Bertz CT molecular complexity index is 438. The van der Waals surface area contributed by atoms with E-state index in [4.69, 9.17) is 17.3 Å². The molecule has 0 spiro atoms. The smallest absolute Gasteiger partial charge is 0.313 e. The van der Waals surface area contributed by atoms with Crippen molar-refractivity contribution in [1.29, 1.82) is 0 Å². The van der Waals surface area contributed by atoms with E-state index in [2.05, 4.69) is 4.74 Å². The second-order valence-corrected chi connectivity index (χ2v) is 4.74. The van der Waals surface area contributed by atoms with Crippen LogP contribution in [0.25, 0.3) is 0 Å². The molecule has 0 amide bonds. The molecule has 1 aromatic rings. The van der Waals surface area contributed by atoms with Crippen LogP contribution >= 0.6 is 24.0 Å². The summed E-state index contributed by atoms with van der Waals surface area (Å²) in [4.78, 5) is 11.6. The van der Waals surface area contributed by atoms with Crippen molar-refractivity contribution in [1.82, 2.24) is 0 Å². The zero-order valence-electron chi connectivity index (χ0n) is 10.4. The topological polar surface area (TPSA) is 52.3 Å². The van der Waals surface area contributed by atoms with Crippen LogP contribution in [0.15, 0.2) is 18.2 Å². The van der Waals surface area contributed by atoms with E-state index in [1.165, 1.54) is 19.2 Å². The van der Waals surface area contributed by atoms with Gasteiger partial charge in [-0.2, -0.15) is 0 Å². The average molecular weight is 296 g/mol. The van der Waals surface area contributed by atoms with Crippen LogP contribution in [0.4, 0.5) is 4.39 Å². The molecule has 0 saturated carbocycles. The molecule has 3 nitrogen and oxygen atoms in total. The molecule has 0 radical (unpaired) electrons. The van der Waals surface area contributed by atoms with Gasteiger partial charge in [0, 0.05) is 11.6 Å². The number of hydrogen-bond donors (Lipinski definition) is 1. The maximum Gasteiger partial charge on any atom is 0.313 e. The fourth-order valence-corrected chi connectivity index (χ4v) is 1.72. The minimum atomic E-state index is -1.03. The summed E-state index contributed by atoms with van der Waals surface area (Å²) in [5, 5.41) is -0.0152. The Morgan fingerprint density at radius 3 is 2.56 bits per heavy atom. The highest BCUT2D eigenvalue weighted by Gasteiger charge is 2.38. The molecule has 6 heteroatoms. The Kier molecular flexibility index (Phi) is 6.07. The monoisotopic (exact) mass is 295 g/mol. The number of carbonyl (C=O) groups is 1. The third-order valence-electron chi connectivity index (χ3n) is 2.81. The van der Waals surface area contributed by atoms with Crippen LogP contribution < -0.4 is 5.73 Å². The van der Waals surface area contributed by atoms with Crippen LogP contribution in [-0.4, -0.2) is 13.1 Å². The van der Waals surface area contributed by atoms with E-state index < -0.39 is 23.2 Å². The fraction of sp³-hybridized carbons (Fsp3) is 0.417. The highest BCUT2D eigenvalue weighted by Crippen LogP contribution is 2.35. The summed E-state index contributed by atoms with van der Waals surface area (Å²) in [6.45, 7) is 3.20. The van der Waals surface area contributed by atoms with Gasteiger partial charge in [0.15, 0.2) is 0 Å². The largest absolute Gasteiger partial charge is 0.469 e. The maximum atomic E-state index is 13.8. The molecule has 1 atom stereocenters. The van der Waals surface area contributed by atoms with Crippen molar-refractivity contribution >= 4 is 30.0 Å². The predicted octanol–water partition coefficient (Wildman–Crippen LogP) is 3.10. The second kappa shape index (κ2) is 6.36. The van der Waals surface area contributed by atoms with Gasteiger partial charge in [0.05, 0.1) is 17.5 Å². The highest BCUT2D eigenvalue weighted by molar-refractivity contribution is 6.30. The average Bonchev–Trinajstić information content (AvgIpc) is 2.30. The molecule has 0 fully saturated rings. The molecule has 0 heterocycles. The quantitative estimate of drug-likeness (QED) is 0.872. The number of methoxy groups -OCH3 is 1. The lowest BCUT2D eigenvalue weighted by molar-refractivity contribution is -0.152. The lowest BCUT2D eigenvalue weighted by Gasteiger charge is -2.29. The number of nitrogens with two attached hydrogens (primary N) is 1. The van der Waals surface area contributed by atoms with Crippen molar-refractivity contribution in [2.45, 2.75) is 19.9 Å². The molecule has 0 aliphatic carbocycles. The number of carbonyl (C=O) groups excluding carboxylic acids is 1. The van der Waals surface area contributed by atoms with Crippen molar-refractivity contribution in [2.24, 2.45) is 11.1 Å². The van der Waals surface area contributed by atoms with Gasteiger partial charge in [0.2, 0.25) is 0 Å². The summed E-state index contributed by atoms with van der Waals surface area (Å²) in [5.41, 5.74) is 5.09. The van der Waals surface area contributed by atoms with Crippen LogP contribution in [0, 0.1) is 11.2 Å². The second-order valence-electron chi connectivity index (χ2n) is 4.33. The summed E-state index contributed by atoms with van der Waals surface area (Å²) in [7, 11) is 1.27. The van der Waals surface area contributed by atoms with Gasteiger partial charge in [0.25, 0.3) is 0 Å². The van der Waals surface area contributed by atoms with E-state index in [0.717, 1.165) is 0 Å². The van der Waals surface area contributed by atoms with E-state index in [0.29, 0.717) is 0 Å². The molecule has 0 bridgehead atoms. The minimum absolute atomic E-state index is 0. The van der Waals surface area contributed by atoms with Crippen molar-refractivity contribution in [3.05, 3.63) is 34.6 Å². The van der Waals surface area contributed by atoms with Gasteiger partial charge < -0.3 is 10.5 Å². The number of ether oxygens (including phenoxy) is 1. The third-order valence-corrected chi connectivity index (χ3v) is 3.10. The Morgan fingerprint density at radius 1 is 1.50 bits per heavy atom. The first-order chi connectivity index (χ1) is 7.82. The summed E-state index contributed by atoms with van der Waals surface area (Å²) < 4.78 is 18.4. The number of halogens is 3. The molecule has 102 valence electrons. The lowest BCUT2D eigenvalue weighted by Crippen LogP contribution is -2.37. The molecule has 0 aliphatic rings. The van der Waals surface area contributed by atoms with Crippen LogP contribution in [0.1, 0.15) is 25.5 Å². The van der Waals surface area contributed by atoms with Crippen LogP contribution in [0.2, 0.25) is 5.02 Å². The Morgan fingerprint density at radius 2 is 2.06 bits per heavy atom. The van der Waals surface area contributed by atoms with E-state index in [1.807, 2.05) is 0 Å². The zero-order chi connectivity index (χ0) is 13.2. The first-order valence-corrected chi connectivity index (χ1v) is 5.48. The molecule has 18 heavy (non-hydrogen) atoms. The molecule has 0 unspecified atom stereocenters. The van der Waals surface area contributed by atoms with Crippen molar-refractivity contribution in [3.8, 4) is 0 Å². The first kappa shape index (κ1) is 17.2. The zero-order valence-corrected chi connectivity index (χ0v) is 11.9. The molecule has 0 aromatic heterocycles. The van der Waals surface area contributed by atoms with Crippen molar-refractivity contribution < 1.29 is 13.9 Å². The molecular formula is C12H16Cl2FNO2. The Balaban J connectivity index is 0.00000289. The van der Waals surface area contributed by atoms with E-state index in [-0.39, 0.29) is 23.0 Å². The molecule has 2 N–H and O–H groups in total. The first-order valence-electron chi connectivity index (χ1n) is 5.10. The van der Waals surface area contributed by atoms with Gasteiger partial charge in [-0.15, -0.1) is 12.4 Å². The van der Waals surface area contributed by atoms with Gasteiger partial charge in [0.1, 0.15) is 5.82 Å². The van der Waals surface area contributed by atoms with E-state index in [9.17, 15) is 9.18 Å². The summed E-state index contributed by atoms with van der Waals surface area (Å²) >= 11 is 5.67. The van der Waals surface area contributed by atoms with Gasteiger partial charge >= 0.3 is 5.97 Å². The normalized spacial score (nSPS) is 12.6. The van der Waals surface area contributed by atoms with E-state index in [1.54, 1.807) is 19.9 Å². The standard InChI is InChI=1S/C12H15ClFNO2.ClH/c1-12(2,11(16)17-3)10(15)7-5-4-6-8(13)9(7)14;/h4-6,10H,15H2,1-3H3;1H/t10-;/m1./s1. The molecule has 1 rings (SSSR count). The summed E-state index contributed by atoms with van der Waals surface area (Å²) in [6, 6.07) is 3.71. The summed E-state index contributed by atoms with van der Waals surface area (Å²) in [6.07, 6.45) is 0. The maximum absolute atomic E-state index is 13.8. The van der Waals surface area contributed by atoms with Gasteiger partial charge in [-0.05, 0) is 19.9 Å². The molecule has 0 aliphatic heterocycles. The fourth-order valence-electron chi connectivity index (χ4n) is 1.54.